The van der Waals surface area contributed by atoms with Crippen LogP contribution in [0.4, 0.5) is 0 Å². The standard InChI is InChI=1S/C14H22O2/c1-2-3-12-4-6-13(7-5-12)8-9-14(10-15)11-16/h4-7,14-16H,2-3,8-11H2,1H3. The molecule has 1 aromatic carbocycles. The molecule has 0 unspecified atom stereocenters. The number of hydrogen-bond acceptors (Lipinski definition) is 2. The summed E-state index contributed by atoms with van der Waals surface area (Å²) in [6.45, 7) is 2.33. The van der Waals surface area contributed by atoms with Gasteiger partial charge in [-0.1, -0.05) is 37.6 Å². The van der Waals surface area contributed by atoms with Crippen LogP contribution in [-0.4, -0.2) is 23.4 Å². The summed E-state index contributed by atoms with van der Waals surface area (Å²) in [6, 6.07) is 8.64. The van der Waals surface area contributed by atoms with Gasteiger partial charge in [-0.15, -0.1) is 0 Å². The van der Waals surface area contributed by atoms with Crippen LogP contribution in [0.1, 0.15) is 30.9 Å². The zero-order chi connectivity index (χ0) is 11.8. The minimum absolute atomic E-state index is 0.0234. The molecule has 0 amide bonds. The van der Waals surface area contributed by atoms with Crippen molar-refractivity contribution in [1.82, 2.24) is 0 Å². The van der Waals surface area contributed by atoms with Gasteiger partial charge in [0.1, 0.15) is 0 Å². The molecule has 0 aliphatic carbocycles. The minimum Gasteiger partial charge on any atom is -0.396 e. The lowest BCUT2D eigenvalue weighted by Gasteiger charge is -2.10. The largest absolute Gasteiger partial charge is 0.396 e. The van der Waals surface area contributed by atoms with Crippen LogP contribution in [-0.2, 0) is 12.8 Å². The van der Waals surface area contributed by atoms with Crippen molar-refractivity contribution >= 4 is 0 Å². The first kappa shape index (κ1) is 13.2. The van der Waals surface area contributed by atoms with Gasteiger partial charge < -0.3 is 10.2 Å². The van der Waals surface area contributed by atoms with Crippen LogP contribution in [0.25, 0.3) is 0 Å². The molecule has 0 spiro atoms. The fourth-order valence-electron chi connectivity index (χ4n) is 1.77. The molecular weight excluding hydrogens is 200 g/mol. The van der Waals surface area contributed by atoms with E-state index in [-0.39, 0.29) is 19.1 Å². The summed E-state index contributed by atoms with van der Waals surface area (Å²) in [7, 11) is 0. The SMILES string of the molecule is CCCc1ccc(CCC(CO)CO)cc1. The second-order valence-corrected chi connectivity index (χ2v) is 4.34. The van der Waals surface area contributed by atoms with Gasteiger partial charge in [0.05, 0.1) is 0 Å². The van der Waals surface area contributed by atoms with Crippen LogP contribution in [0.15, 0.2) is 24.3 Å². The lowest BCUT2D eigenvalue weighted by atomic mass is 9.99. The van der Waals surface area contributed by atoms with Gasteiger partial charge in [-0.25, -0.2) is 0 Å². The van der Waals surface area contributed by atoms with Crippen molar-refractivity contribution in [1.29, 1.82) is 0 Å². The van der Waals surface area contributed by atoms with E-state index in [0.29, 0.717) is 0 Å². The van der Waals surface area contributed by atoms with E-state index in [1.165, 1.54) is 17.5 Å². The molecule has 1 rings (SSSR count). The highest BCUT2D eigenvalue weighted by Gasteiger charge is 2.05. The molecule has 2 nitrogen and oxygen atoms in total. The highest BCUT2D eigenvalue weighted by Crippen LogP contribution is 2.11. The average Bonchev–Trinajstić information content (AvgIpc) is 2.33. The van der Waals surface area contributed by atoms with E-state index < -0.39 is 0 Å². The van der Waals surface area contributed by atoms with Crippen LogP contribution >= 0.6 is 0 Å². The molecule has 16 heavy (non-hydrogen) atoms. The Morgan fingerprint density at radius 1 is 0.938 bits per heavy atom. The quantitative estimate of drug-likeness (QED) is 0.742. The van der Waals surface area contributed by atoms with E-state index in [2.05, 4.69) is 31.2 Å². The van der Waals surface area contributed by atoms with Gasteiger partial charge >= 0.3 is 0 Å². The Bertz CT molecular complexity index is 275. The molecule has 0 saturated heterocycles. The van der Waals surface area contributed by atoms with Gasteiger partial charge in [-0.3, -0.25) is 0 Å². The number of aliphatic hydroxyl groups excluding tert-OH is 2. The molecule has 0 aromatic heterocycles. The van der Waals surface area contributed by atoms with Gasteiger partial charge in [0.25, 0.3) is 0 Å². The number of aryl methyl sites for hydroxylation is 2. The van der Waals surface area contributed by atoms with Crippen molar-refractivity contribution < 1.29 is 10.2 Å². The van der Waals surface area contributed by atoms with E-state index in [0.717, 1.165) is 19.3 Å². The Labute approximate surface area is 97.9 Å². The second kappa shape index (κ2) is 7.42. The maximum absolute atomic E-state index is 8.96. The Balaban J connectivity index is 2.42. The number of benzene rings is 1. The molecule has 1 aromatic rings. The maximum Gasteiger partial charge on any atom is 0.0481 e. The van der Waals surface area contributed by atoms with Crippen LogP contribution in [0.5, 0.6) is 0 Å². The maximum atomic E-state index is 8.96. The summed E-state index contributed by atoms with van der Waals surface area (Å²) >= 11 is 0. The first-order valence-corrected chi connectivity index (χ1v) is 6.09. The van der Waals surface area contributed by atoms with Crippen molar-refractivity contribution in [2.75, 3.05) is 13.2 Å². The Morgan fingerprint density at radius 2 is 1.44 bits per heavy atom. The predicted octanol–water partition coefficient (Wildman–Crippen LogP) is 2.17. The molecule has 0 radical (unpaired) electrons. The normalized spacial score (nSPS) is 11.0. The molecule has 0 bridgehead atoms. The molecule has 0 aliphatic heterocycles. The number of hydrogen-bond donors (Lipinski definition) is 2. The zero-order valence-electron chi connectivity index (χ0n) is 10.0. The third kappa shape index (κ3) is 4.33. The van der Waals surface area contributed by atoms with Crippen LogP contribution in [0.3, 0.4) is 0 Å². The van der Waals surface area contributed by atoms with Gasteiger partial charge in [0.15, 0.2) is 0 Å². The van der Waals surface area contributed by atoms with E-state index in [1.54, 1.807) is 0 Å². The van der Waals surface area contributed by atoms with Crippen molar-refractivity contribution in [2.24, 2.45) is 5.92 Å². The monoisotopic (exact) mass is 222 g/mol. The summed E-state index contributed by atoms with van der Waals surface area (Å²) in [5, 5.41) is 17.9. The van der Waals surface area contributed by atoms with Gasteiger partial charge in [-0.05, 0) is 30.4 Å². The fourth-order valence-corrected chi connectivity index (χ4v) is 1.77. The van der Waals surface area contributed by atoms with Crippen molar-refractivity contribution in [3.63, 3.8) is 0 Å². The predicted molar refractivity (Wildman–Crippen MR) is 66.4 cm³/mol. The topological polar surface area (TPSA) is 40.5 Å². The summed E-state index contributed by atoms with van der Waals surface area (Å²) in [5.74, 6) is 0.0234. The molecule has 0 aliphatic rings. The Hall–Kier alpha value is -0.860. The van der Waals surface area contributed by atoms with Crippen molar-refractivity contribution in [3.05, 3.63) is 35.4 Å². The molecule has 2 heteroatoms. The summed E-state index contributed by atoms with van der Waals surface area (Å²) in [5.41, 5.74) is 2.67. The first-order chi connectivity index (χ1) is 7.80. The van der Waals surface area contributed by atoms with Crippen molar-refractivity contribution in [3.8, 4) is 0 Å². The summed E-state index contributed by atoms with van der Waals surface area (Å²) in [4.78, 5) is 0. The Morgan fingerprint density at radius 3 is 1.88 bits per heavy atom. The molecule has 90 valence electrons. The first-order valence-electron chi connectivity index (χ1n) is 6.09. The smallest absolute Gasteiger partial charge is 0.0481 e. The third-order valence-electron chi connectivity index (χ3n) is 2.92. The summed E-state index contributed by atoms with van der Waals surface area (Å²) in [6.07, 6.45) is 4.09. The van der Waals surface area contributed by atoms with Crippen LogP contribution < -0.4 is 0 Å². The molecule has 0 saturated carbocycles. The van der Waals surface area contributed by atoms with Gasteiger partial charge in [0, 0.05) is 19.1 Å². The highest BCUT2D eigenvalue weighted by molar-refractivity contribution is 5.22. The second-order valence-electron chi connectivity index (χ2n) is 4.34. The van der Waals surface area contributed by atoms with Crippen LogP contribution in [0, 0.1) is 5.92 Å². The molecule has 0 atom stereocenters. The van der Waals surface area contributed by atoms with E-state index in [1.807, 2.05) is 0 Å². The molecule has 0 heterocycles. The summed E-state index contributed by atoms with van der Waals surface area (Å²) < 4.78 is 0. The minimum atomic E-state index is 0.0234. The van der Waals surface area contributed by atoms with Crippen LogP contribution in [0.2, 0.25) is 0 Å². The van der Waals surface area contributed by atoms with Gasteiger partial charge in [-0.2, -0.15) is 0 Å². The van der Waals surface area contributed by atoms with E-state index in [4.69, 9.17) is 10.2 Å². The molecule has 2 N–H and O–H groups in total. The Kier molecular flexibility index (Phi) is 6.12. The lowest BCUT2D eigenvalue weighted by molar-refractivity contribution is 0.144. The fraction of sp³-hybridized carbons (Fsp3) is 0.571. The van der Waals surface area contributed by atoms with E-state index in [9.17, 15) is 0 Å². The number of rotatable bonds is 7. The zero-order valence-corrected chi connectivity index (χ0v) is 10.0. The number of aliphatic hydroxyl groups is 2. The molecular formula is C14H22O2. The highest BCUT2D eigenvalue weighted by atomic mass is 16.3. The average molecular weight is 222 g/mol. The van der Waals surface area contributed by atoms with Gasteiger partial charge in [0.2, 0.25) is 0 Å². The molecule has 0 fully saturated rings. The van der Waals surface area contributed by atoms with E-state index >= 15 is 0 Å². The third-order valence-corrected chi connectivity index (χ3v) is 2.92. The lowest BCUT2D eigenvalue weighted by Crippen LogP contribution is -2.11. The van der Waals surface area contributed by atoms with Crippen molar-refractivity contribution in [2.45, 2.75) is 32.6 Å².